The van der Waals surface area contributed by atoms with Gasteiger partial charge in [-0.05, 0) is 12.8 Å². The Labute approximate surface area is 117 Å². The summed E-state index contributed by atoms with van der Waals surface area (Å²) in [5.41, 5.74) is 7.47. The molecule has 0 spiro atoms. The molecule has 8 heteroatoms. The zero-order valence-electron chi connectivity index (χ0n) is 11.8. The first kappa shape index (κ1) is 14.4. The van der Waals surface area contributed by atoms with Crippen molar-refractivity contribution in [1.82, 2.24) is 15.2 Å². The standard InChI is InChI=1S/C12H20N6O2/c1-3-8-9(4-2)15-16-12(14-8)18-5-6-20-10(7-18)11(13)17-19/h10,19H,3-7H2,1-2H3,(H2,13,17). The topological polar surface area (TPSA) is 110 Å². The molecule has 1 saturated heterocycles. The van der Waals surface area contributed by atoms with E-state index in [1.807, 2.05) is 18.7 Å². The number of hydrogen-bond acceptors (Lipinski definition) is 7. The summed E-state index contributed by atoms with van der Waals surface area (Å²) >= 11 is 0. The maximum atomic E-state index is 8.72. The van der Waals surface area contributed by atoms with Crippen molar-refractivity contribution in [3.63, 3.8) is 0 Å². The van der Waals surface area contributed by atoms with Gasteiger partial charge >= 0.3 is 0 Å². The second-order valence-electron chi connectivity index (χ2n) is 4.54. The molecule has 1 aliphatic heterocycles. The lowest BCUT2D eigenvalue weighted by Gasteiger charge is -2.32. The molecule has 1 aliphatic rings. The molecule has 0 aromatic carbocycles. The van der Waals surface area contributed by atoms with E-state index >= 15 is 0 Å². The highest BCUT2D eigenvalue weighted by molar-refractivity contribution is 5.85. The number of morpholine rings is 1. The summed E-state index contributed by atoms with van der Waals surface area (Å²) in [7, 11) is 0. The summed E-state index contributed by atoms with van der Waals surface area (Å²) in [6.45, 7) is 5.66. The van der Waals surface area contributed by atoms with Gasteiger partial charge in [0.1, 0.15) is 6.10 Å². The van der Waals surface area contributed by atoms with Crippen molar-refractivity contribution in [2.24, 2.45) is 10.9 Å². The minimum atomic E-state index is -0.451. The molecule has 3 N–H and O–H groups in total. The van der Waals surface area contributed by atoms with Crippen LogP contribution in [0.2, 0.25) is 0 Å². The zero-order chi connectivity index (χ0) is 14.5. The quantitative estimate of drug-likeness (QED) is 0.344. The maximum Gasteiger partial charge on any atom is 0.245 e. The van der Waals surface area contributed by atoms with Crippen LogP contribution in [-0.4, -0.2) is 52.0 Å². The molecular formula is C12H20N6O2. The number of anilines is 1. The lowest BCUT2D eigenvalue weighted by Crippen LogP contribution is -2.49. The van der Waals surface area contributed by atoms with Crippen molar-refractivity contribution < 1.29 is 9.94 Å². The van der Waals surface area contributed by atoms with Gasteiger partial charge in [0.2, 0.25) is 5.95 Å². The van der Waals surface area contributed by atoms with E-state index in [4.69, 9.17) is 15.7 Å². The Kier molecular flexibility index (Phi) is 4.67. The summed E-state index contributed by atoms with van der Waals surface area (Å²) < 4.78 is 5.45. The molecule has 1 aromatic rings. The third-order valence-corrected chi connectivity index (χ3v) is 3.29. The van der Waals surface area contributed by atoms with Crippen LogP contribution in [0.25, 0.3) is 0 Å². The zero-order valence-corrected chi connectivity index (χ0v) is 11.8. The van der Waals surface area contributed by atoms with Gasteiger partial charge in [0.15, 0.2) is 5.84 Å². The van der Waals surface area contributed by atoms with Crippen LogP contribution in [-0.2, 0) is 17.6 Å². The molecule has 0 aliphatic carbocycles. The minimum absolute atomic E-state index is 0.0588. The fourth-order valence-corrected chi connectivity index (χ4v) is 2.14. The van der Waals surface area contributed by atoms with Crippen molar-refractivity contribution in [2.45, 2.75) is 32.8 Å². The molecular weight excluding hydrogens is 260 g/mol. The van der Waals surface area contributed by atoms with E-state index in [-0.39, 0.29) is 5.84 Å². The highest BCUT2D eigenvalue weighted by Gasteiger charge is 2.26. The fraction of sp³-hybridized carbons (Fsp3) is 0.667. The Morgan fingerprint density at radius 3 is 2.80 bits per heavy atom. The molecule has 0 amide bonds. The molecule has 0 radical (unpaired) electrons. The third kappa shape index (κ3) is 2.96. The molecule has 1 fully saturated rings. The maximum absolute atomic E-state index is 8.72. The van der Waals surface area contributed by atoms with Gasteiger partial charge in [0.05, 0.1) is 24.5 Å². The number of amidine groups is 1. The van der Waals surface area contributed by atoms with Crippen molar-refractivity contribution in [1.29, 1.82) is 0 Å². The molecule has 1 aromatic heterocycles. The van der Waals surface area contributed by atoms with E-state index < -0.39 is 6.10 Å². The lowest BCUT2D eigenvalue weighted by atomic mass is 10.2. The monoisotopic (exact) mass is 280 g/mol. The smallest absolute Gasteiger partial charge is 0.245 e. The summed E-state index contributed by atoms with van der Waals surface area (Å²) in [4.78, 5) is 6.50. The van der Waals surface area contributed by atoms with Crippen molar-refractivity contribution in [3.05, 3.63) is 11.4 Å². The van der Waals surface area contributed by atoms with Crippen LogP contribution in [0.15, 0.2) is 5.16 Å². The summed E-state index contributed by atoms with van der Waals surface area (Å²) in [6.07, 6.45) is 1.19. The van der Waals surface area contributed by atoms with Gasteiger partial charge in [-0.3, -0.25) is 0 Å². The molecule has 1 atom stereocenters. The molecule has 2 heterocycles. The number of ether oxygens (including phenoxy) is 1. The van der Waals surface area contributed by atoms with E-state index in [2.05, 4.69) is 20.3 Å². The number of aromatic nitrogens is 3. The molecule has 8 nitrogen and oxygen atoms in total. The van der Waals surface area contributed by atoms with Crippen molar-refractivity contribution in [3.8, 4) is 0 Å². The minimum Gasteiger partial charge on any atom is -0.409 e. The van der Waals surface area contributed by atoms with E-state index in [9.17, 15) is 0 Å². The molecule has 20 heavy (non-hydrogen) atoms. The van der Waals surface area contributed by atoms with Gasteiger partial charge in [0.25, 0.3) is 0 Å². The SMILES string of the molecule is CCc1nnc(N2CCOC(C(N)=NO)C2)nc1CC. The van der Waals surface area contributed by atoms with Crippen LogP contribution in [0.3, 0.4) is 0 Å². The Morgan fingerprint density at radius 2 is 2.15 bits per heavy atom. The van der Waals surface area contributed by atoms with E-state index in [1.165, 1.54) is 0 Å². The fourth-order valence-electron chi connectivity index (χ4n) is 2.14. The molecule has 1 unspecified atom stereocenters. The van der Waals surface area contributed by atoms with Crippen molar-refractivity contribution in [2.75, 3.05) is 24.6 Å². The Hall–Kier alpha value is -1.96. The second-order valence-corrected chi connectivity index (χ2v) is 4.54. The number of hydrogen-bond donors (Lipinski definition) is 2. The molecule has 0 bridgehead atoms. The van der Waals surface area contributed by atoms with Gasteiger partial charge in [-0.2, -0.15) is 5.10 Å². The normalized spacial score (nSPS) is 20.2. The predicted molar refractivity (Wildman–Crippen MR) is 73.9 cm³/mol. The largest absolute Gasteiger partial charge is 0.409 e. The molecule has 110 valence electrons. The summed E-state index contributed by atoms with van der Waals surface area (Å²) in [6, 6.07) is 0. The highest BCUT2D eigenvalue weighted by Crippen LogP contribution is 2.14. The van der Waals surface area contributed by atoms with Crippen molar-refractivity contribution >= 4 is 11.8 Å². The van der Waals surface area contributed by atoms with Gasteiger partial charge in [0, 0.05) is 6.54 Å². The van der Waals surface area contributed by atoms with Crippen LogP contribution in [0.5, 0.6) is 0 Å². The predicted octanol–water partition coefficient (Wildman–Crippen LogP) is -0.0520. The van der Waals surface area contributed by atoms with Gasteiger partial charge in [-0.15, -0.1) is 5.10 Å². The number of oxime groups is 1. The first-order valence-corrected chi connectivity index (χ1v) is 6.76. The van der Waals surface area contributed by atoms with Crippen LogP contribution in [0.4, 0.5) is 5.95 Å². The van der Waals surface area contributed by atoms with Gasteiger partial charge in [-0.25, -0.2) is 4.98 Å². The van der Waals surface area contributed by atoms with Crippen LogP contribution >= 0.6 is 0 Å². The second kappa shape index (κ2) is 6.47. The third-order valence-electron chi connectivity index (χ3n) is 3.29. The van der Waals surface area contributed by atoms with Crippen LogP contribution in [0.1, 0.15) is 25.2 Å². The number of aryl methyl sites for hydroxylation is 2. The van der Waals surface area contributed by atoms with E-state index in [0.29, 0.717) is 25.6 Å². The Balaban J connectivity index is 2.18. The first-order valence-electron chi connectivity index (χ1n) is 6.76. The van der Waals surface area contributed by atoms with Gasteiger partial charge in [-0.1, -0.05) is 19.0 Å². The number of nitrogens with zero attached hydrogens (tertiary/aromatic N) is 5. The molecule has 2 rings (SSSR count). The average Bonchev–Trinajstić information content (AvgIpc) is 2.53. The summed E-state index contributed by atoms with van der Waals surface area (Å²) in [5.74, 6) is 0.627. The van der Waals surface area contributed by atoms with Crippen LogP contribution in [0, 0.1) is 0 Å². The van der Waals surface area contributed by atoms with E-state index in [1.54, 1.807) is 0 Å². The number of nitrogens with two attached hydrogens (primary N) is 1. The average molecular weight is 280 g/mol. The van der Waals surface area contributed by atoms with E-state index in [0.717, 1.165) is 24.2 Å². The lowest BCUT2D eigenvalue weighted by molar-refractivity contribution is 0.0799. The Bertz CT molecular complexity index is 493. The van der Waals surface area contributed by atoms with Crippen LogP contribution < -0.4 is 10.6 Å². The summed E-state index contributed by atoms with van der Waals surface area (Å²) in [5, 5.41) is 20.1. The Morgan fingerprint density at radius 1 is 1.40 bits per heavy atom. The first-order chi connectivity index (χ1) is 9.69. The van der Waals surface area contributed by atoms with Gasteiger partial charge < -0.3 is 20.6 Å². The highest BCUT2D eigenvalue weighted by atomic mass is 16.5. The molecule has 0 saturated carbocycles. The number of rotatable bonds is 4.